The van der Waals surface area contributed by atoms with Crippen molar-refractivity contribution in [3.05, 3.63) is 41.8 Å². The van der Waals surface area contributed by atoms with Crippen molar-refractivity contribution in [2.24, 2.45) is 0 Å². The zero-order valence-corrected chi connectivity index (χ0v) is 10.2. The molecule has 5 heteroatoms. The summed E-state index contributed by atoms with van der Waals surface area (Å²) >= 11 is 0. The Kier molecular flexibility index (Phi) is 3.32. The van der Waals surface area contributed by atoms with E-state index in [9.17, 15) is 4.79 Å². The number of carboxylic acids is 1. The number of hydrogen-bond donors (Lipinski definition) is 2. The van der Waals surface area contributed by atoms with Gasteiger partial charge in [-0.2, -0.15) is 4.98 Å². The van der Waals surface area contributed by atoms with E-state index in [2.05, 4.69) is 24.1 Å². The summed E-state index contributed by atoms with van der Waals surface area (Å²) in [6, 6.07) is 7.99. The molecule has 1 aromatic heterocycles. The highest BCUT2D eigenvalue weighted by atomic mass is 16.4. The van der Waals surface area contributed by atoms with Crippen molar-refractivity contribution in [3.8, 4) is 0 Å². The summed E-state index contributed by atoms with van der Waals surface area (Å²) in [5.41, 5.74) is 1.92. The van der Waals surface area contributed by atoms with Gasteiger partial charge in [0, 0.05) is 5.69 Å². The molecule has 2 aromatic rings. The standard InChI is InChI=1S/C13H14N2O3/c1-8(2)9-3-5-10(6-4-9)14-13-15-11(7-18-13)12(16)17/h3-8H,1-2H3,(H,14,15)(H,16,17). The fourth-order valence-electron chi connectivity index (χ4n) is 1.50. The summed E-state index contributed by atoms with van der Waals surface area (Å²) in [6.07, 6.45) is 1.10. The fraction of sp³-hybridized carbons (Fsp3) is 0.231. The summed E-state index contributed by atoms with van der Waals surface area (Å²) in [6.45, 7) is 4.24. The maximum Gasteiger partial charge on any atom is 0.357 e. The Labute approximate surface area is 104 Å². The Hall–Kier alpha value is -2.30. The van der Waals surface area contributed by atoms with Crippen LogP contribution in [0.15, 0.2) is 34.9 Å². The number of nitrogens with one attached hydrogen (secondary N) is 1. The van der Waals surface area contributed by atoms with Crippen LogP contribution in [0.25, 0.3) is 0 Å². The zero-order valence-electron chi connectivity index (χ0n) is 10.2. The number of hydrogen-bond acceptors (Lipinski definition) is 4. The second-order valence-electron chi connectivity index (χ2n) is 4.24. The molecular weight excluding hydrogens is 232 g/mol. The van der Waals surface area contributed by atoms with E-state index >= 15 is 0 Å². The van der Waals surface area contributed by atoms with E-state index in [0.717, 1.165) is 12.0 Å². The van der Waals surface area contributed by atoms with Crippen molar-refractivity contribution >= 4 is 17.7 Å². The van der Waals surface area contributed by atoms with E-state index in [1.807, 2.05) is 24.3 Å². The van der Waals surface area contributed by atoms with Gasteiger partial charge >= 0.3 is 5.97 Å². The lowest BCUT2D eigenvalue weighted by Crippen LogP contribution is -1.97. The Morgan fingerprint density at radius 1 is 1.33 bits per heavy atom. The number of benzene rings is 1. The first kappa shape index (κ1) is 12.2. The third-order valence-corrected chi connectivity index (χ3v) is 2.55. The Bertz CT molecular complexity index is 544. The van der Waals surface area contributed by atoms with Gasteiger partial charge in [-0.1, -0.05) is 26.0 Å². The summed E-state index contributed by atoms with van der Waals surface area (Å²) in [7, 11) is 0. The minimum atomic E-state index is -1.11. The predicted molar refractivity (Wildman–Crippen MR) is 67.3 cm³/mol. The van der Waals surface area contributed by atoms with Crippen LogP contribution in [0.1, 0.15) is 35.8 Å². The summed E-state index contributed by atoms with van der Waals surface area (Å²) < 4.78 is 5.00. The molecule has 0 unspecified atom stereocenters. The van der Waals surface area contributed by atoms with E-state index in [1.165, 1.54) is 5.56 Å². The van der Waals surface area contributed by atoms with Crippen molar-refractivity contribution in [1.29, 1.82) is 0 Å². The van der Waals surface area contributed by atoms with Gasteiger partial charge in [-0.25, -0.2) is 4.79 Å². The largest absolute Gasteiger partial charge is 0.476 e. The molecule has 0 bridgehead atoms. The second-order valence-corrected chi connectivity index (χ2v) is 4.24. The Morgan fingerprint density at radius 2 is 2.00 bits per heavy atom. The number of nitrogens with zero attached hydrogens (tertiary/aromatic N) is 1. The van der Waals surface area contributed by atoms with Crippen LogP contribution in [0.2, 0.25) is 0 Å². The van der Waals surface area contributed by atoms with Crippen molar-refractivity contribution < 1.29 is 14.3 Å². The Morgan fingerprint density at radius 3 is 2.50 bits per heavy atom. The third-order valence-electron chi connectivity index (χ3n) is 2.55. The van der Waals surface area contributed by atoms with Gasteiger partial charge in [0.2, 0.25) is 0 Å². The van der Waals surface area contributed by atoms with Crippen LogP contribution in [-0.2, 0) is 0 Å². The SMILES string of the molecule is CC(C)c1ccc(Nc2nc(C(=O)O)co2)cc1. The second kappa shape index (κ2) is 4.91. The maximum absolute atomic E-state index is 10.6. The number of aromatic carboxylic acids is 1. The van der Waals surface area contributed by atoms with E-state index in [0.29, 0.717) is 5.92 Å². The highest BCUT2D eigenvalue weighted by Gasteiger charge is 2.10. The van der Waals surface area contributed by atoms with Crippen molar-refractivity contribution in [3.63, 3.8) is 0 Å². The zero-order chi connectivity index (χ0) is 13.1. The molecule has 0 radical (unpaired) electrons. The topological polar surface area (TPSA) is 75.4 Å². The molecule has 18 heavy (non-hydrogen) atoms. The van der Waals surface area contributed by atoms with Gasteiger partial charge in [0.05, 0.1) is 0 Å². The van der Waals surface area contributed by atoms with Gasteiger partial charge in [-0.15, -0.1) is 0 Å². The first-order valence-corrected chi connectivity index (χ1v) is 5.62. The minimum absolute atomic E-state index is 0.115. The molecule has 0 saturated carbocycles. The van der Waals surface area contributed by atoms with Gasteiger partial charge in [-0.3, -0.25) is 0 Å². The molecule has 1 aromatic carbocycles. The van der Waals surface area contributed by atoms with Gasteiger partial charge in [0.15, 0.2) is 5.69 Å². The van der Waals surface area contributed by atoms with Gasteiger partial charge < -0.3 is 14.8 Å². The van der Waals surface area contributed by atoms with Gasteiger partial charge in [0.1, 0.15) is 6.26 Å². The quantitative estimate of drug-likeness (QED) is 0.866. The molecular formula is C13H14N2O3. The van der Waals surface area contributed by atoms with Crippen LogP contribution in [0.5, 0.6) is 0 Å². The first-order valence-electron chi connectivity index (χ1n) is 5.62. The average Bonchev–Trinajstić information content (AvgIpc) is 2.78. The van der Waals surface area contributed by atoms with E-state index in [4.69, 9.17) is 9.52 Å². The number of aromatic nitrogens is 1. The summed E-state index contributed by atoms with van der Waals surface area (Å²) in [5.74, 6) is -0.638. The number of carboxylic acid groups (broad SMARTS) is 1. The number of oxazole rings is 1. The molecule has 5 nitrogen and oxygen atoms in total. The van der Waals surface area contributed by atoms with Gasteiger partial charge in [-0.05, 0) is 23.6 Å². The minimum Gasteiger partial charge on any atom is -0.476 e. The molecule has 1 heterocycles. The molecule has 0 aliphatic rings. The fourth-order valence-corrected chi connectivity index (χ4v) is 1.50. The number of anilines is 2. The molecule has 0 saturated heterocycles. The van der Waals surface area contributed by atoms with E-state index < -0.39 is 5.97 Å². The van der Waals surface area contributed by atoms with Crippen LogP contribution in [-0.4, -0.2) is 16.1 Å². The molecule has 0 atom stereocenters. The van der Waals surface area contributed by atoms with Crippen LogP contribution < -0.4 is 5.32 Å². The normalized spacial score (nSPS) is 10.6. The predicted octanol–water partition coefficient (Wildman–Crippen LogP) is 3.24. The van der Waals surface area contributed by atoms with Crippen molar-refractivity contribution in [2.45, 2.75) is 19.8 Å². The molecule has 0 aliphatic heterocycles. The molecule has 0 aliphatic carbocycles. The molecule has 2 rings (SSSR count). The van der Waals surface area contributed by atoms with Crippen molar-refractivity contribution in [2.75, 3.05) is 5.32 Å². The third kappa shape index (κ3) is 2.68. The van der Waals surface area contributed by atoms with Gasteiger partial charge in [0.25, 0.3) is 6.01 Å². The lowest BCUT2D eigenvalue weighted by molar-refractivity contribution is 0.0690. The molecule has 94 valence electrons. The smallest absolute Gasteiger partial charge is 0.357 e. The lowest BCUT2D eigenvalue weighted by atomic mass is 10.0. The first-order chi connectivity index (χ1) is 8.56. The highest BCUT2D eigenvalue weighted by molar-refractivity contribution is 5.85. The van der Waals surface area contributed by atoms with E-state index in [-0.39, 0.29) is 11.7 Å². The lowest BCUT2D eigenvalue weighted by Gasteiger charge is -2.06. The van der Waals surface area contributed by atoms with Crippen LogP contribution in [0.3, 0.4) is 0 Å². The number of carbonyl (C=O) groups is 1. The highest BCUT2D eigenvalue weighted by Crippen LogP contribution is 2.20. The van der Waals surface area contributed by atoms with E-state index in [1.54, 1.807) is 0 Å². The summed E-state index contributed by atoms with van der Waals surface area (Å²) in [4.78, 5) is 14.4. The van der Waals surface area contributed by atoms with Crippen molar-refractivity contribution in [1.82, 2.24) is 4.98 Å². The Balaban J connectivity index is 2.10. The molecule has 0 fully saturated rings. The van der Waals surface area contributed by atoms with Crippen LogP contribution >= 0.6 is 0 Å². The summed E-state index contributed by atoms with van der Waals surface area (Å²) in [5, 5.41) is 11.6. The average molecular weight is 246 g/mol. The maximum atomic E-state index is 10.6. The van der Waals surface area contributed by atoms with Crippen LogP contribution in [0.4, 0.5) is 11.7 Å². The molecule has 0 amide bonds. The number of rotatable bonds is 4. The monoisotopic (exact) mass is 246 g/mol. The molecule has 2 N–H and O–H groups in total. The van der Waals surface area contributed by atoms with Crippen LogP contribution in [0, 0.1) is 0 Å². The molecule has 0 spiro atoms.